The Balaban J connectivity index is 2.29. The highest BCUT2D eigenvalue weighted by Gasteiger charge is 2.30. The van der Waals surface area contributed by atoms with E-state index in [1.165, 1.54) is 17.5 Å². The van der Waals surface area contributed by atoms with E-state index < -0.39 is 0 Å². The molecule has 0 saturated carbocycles. The van der Waals surface area contributed by atoms with Crippen LogP contribution in [0.5, 0.6) is 0 Å². The van der Waals surface area contributed by atoms with Crippen LogP contribution in [0.3, 0.4) is 0 Å². The molecule has 2 rings (SSSR count). The van der Waals surface area contributed by atoms with Gasteiger partial charge in [-0.1, -0.05) is 12.2 Å². The van der Waals surface area contributed by atoms with Gasteiger partial charge in [-0.25, -0.2) is 4.98 Å². The number of aromatic nitrogens is 1. The van der Waals surface area contributed by atoms with Crippen molar-refractivity contribution in [2.45, 2.75) is 0 Å². The van der Waals surface area contributed by atoms with Crippen molar-refractivity contribution in [1.29, 1.82) is 0 Å². The molecule has 1 aromatic rings. The molecule has 2 heterocycles. The number of rotatable bonds is 2. The number of thiol groups is 2. The molecular formula is C9H12N4O2S4. The first kappa shape index (κ1) is 15.0. The zero-order valence-electron chi connectivity index (χ0n) is 9.80. The number of thiocarbonyl (C=S) groups is 2. The van der Waals surface area contributed by atoms with Crippen molar-refractivity contribution in [3.05, 3.63) is 12.5 Å². The number of hydrazine groups is 2. The van der Waals surface area contributed by atoms with Gasteiger partial charge in [-0.05, 0) is 12.2 Å². The standard InChI is InChI=1S/C9H12N4O2S4/c16-8(17)12(7-10-1-4-15-7)13(9(18)19)11-2-5-14-6-3-11/h1,4H,2-3,5-6H2,(H,16,17)(H,18,19). The number of morpholine rings is 1. The summed E-state index contributed by atoms with van der Waals surface area (Å²) < 4.78 is 11.1. The predicted octanol–water partition coefficient (Wildman–Crippen LogP) is 1.37. The second kappa shape index (κ2) is 6.86. The lowest BCUT2D eigenvalue weighted by Crippen LogP contribution is -2.59. The van der Waals surface area contributed by atoms with Crippen molar-refractivity contribution in [1.82, 2.24) is 15.1 Å². The van der Waals surface area contributed by atoms with E-state index in [0.29, 0.717) is 30.6 Å². The Morgan fingerprint density at radius 2 is 1.95 bits per heavy atom. The van der Waals surface area contributed by atoms with Gasteiger partial charge in [-0.2, -0.15) is 15.1 Å². The first-order chi connectivity index (χ1) is 9.11. The summed E-state index contributed by atoms with van der Waals surface area (Å²) in [5, 5.41) is 5.05. The second-order valence-electron chi connectivity index (χ2n) is 3.55. The van der Waals surface area contributed by atoms with Crippen LogP contribution in [0.1, 0.15) is 0 Å². The van der Waals surface area contributed by atoms with Gasteiger partial charge in [0, 0.05) is 13.1 Å². The highest BCUT2D eigenvalue weighted by Crippen LogP contribution is 2.20. The maximum absolute atomic E-state index is 5.31. The summed E-state index contributed by atoms with van der Waals surface area (Å²) in [4.78, 5) is 4.07. The van der Waals surface area contributed by atoms with E-state index in [9.17, 15) is 0 Å². The van der Waals surface area contributed by atoms with Crippen LogP contribution >= 0.6 is 49.7 Å². The van der Waals surface area contributed by atoms with Gasteiger partial charge in [-0.15, -0.1) is 25.3 Å². The molecule has 1 aliphatic heterocycles. The van der Waals surface area contributed by atoms with Crippen LogP contribution in [0, 0.1) is 0 Å². The molecule has 0 spiro atoms. The van der Waals surface area contributed by atoms with Crippen LogP contribution in [0.2, 0.25) is 0 Å². The third kappa shape index (κ3) is 3.58. The molecule has 0 amide bonds. The van der Waals surface area contributed by atoms with Crippen molar-refractivity contribution < 1.29 is 9.15 Å². The van der Waals surface area contributed by atoms with Gasteiger partial charge in [0.15, 0.2) is 8.64 Å². The summed E-state index contributed by atoms with van der Waals surface area (Å²) in [6.45, 7) is 2.53. The maximum atomic E-state index is 5.31. The Hall–Kier alpha value is -0.390. The second-order valence-corrected chi connectivity index (χ2v) is 5.77. The number of oxazole rings is 1. The highest BCUT2D eigenvalue weighted by atomic mass is 32.1. The lowest BCUT2D eigenvalue weighted by molar-refractivity contribution is -0.0470. The number of ether oxygens (including phenoxy) is 1. The Bertz CT molecular complexity index is 449. The molecule has 6 nitrogen and oxygen atoms in total. The monoisotopic (exact) mass is 336 g/mol. The fourth-order valence-corrected chi connectivity index (χ4v) is 2.38. The van der Waals surface area contributed by atoms with Gasteiger partial charge >= 0.3 is 6.01 Å². The van der Waals surface area contributed by atoms with Crippen molar-refractivity contribution in [3.63, 3.8) is 0 Å². The molecule has 0 aromatic carbocycles. The minimum Gasteiger partial charge on any atom is -0.431 e. The highest BCUT2D eigenvalue weighted by molar-refractivity contribution is 8.12. The van der Waals surface area contributed by atoms with Gasteiger partial charge in [0.1, 0.15) is 6.26 Å². The van der Waals surface area contributed by atoms with E-state index in [2.05, 4.69) is 30.2 Å². The Morgan fingerprint density at radius 1 is 1.26 bits per heavy atom. The van der Waals surface area contributed by atoms with Crippen LogP contribution in [0.25, 0.3) is 0 Å². The fourth-order valence-electron chi connectivity index (χ4n) is 1.64. The number of anilines is 1. The van der Waals surface area contributed by atoms with E-state index in [0.717, 1.165) is 0 Å². The topological polar surface area (TPSA) is 45.0 Å². The molecule has 0 radical (unpaired) electrons. The van der Waals surface area contributed by atoms with E-state index in [4.69, 9.17) is 33.6 Å². The van der Waals surface area contributed by atoms with Gasteiger partial charge < -0.3 is 9.15 Å². The third-order valence-corrected chi connectivity index (χ3v) is 3.10. The van der Waals surface area contributed by atoms with Crippen molar-refractivity contribution in [3.8, 4) is 0 Å². The van der Waals surface area contributed by atoms with Crippen LogP contribution in [0.15, 0.2) is 16.9 Å². The molecule has 1 fully saturated rings. The fraction of sp³-hybridized carbons (Fsp3) is 0.444. The zero-order valence-corrected chi connectivity index (χ0v) is 13.2. The molecule has 0 bridgehead atoms. The van der Waals surface area contributed by atoms with Gasteiger partial charge in [-0.3, -0.25) is 0 Å². The van der Waals surface area contributed by atoms with Crippen LogP contribution in [0.4, 0.5) is 6.01 Å². The average molecular weight is 336 g/mol. The normalized spacial score (nSPS) is 16.1. The first-order valence-electron chi connectivity index (χ1n) is 5.39. The molecule has 19 heavy (non-hydrogen) atoms. The van der Waals surface area contributed by atoms with Crippen molar-refractivity contribution in [2.24, 2.45) is 0 Å². The van der Waals surface area contributed by atoms with E-state index in [1.807, 2.05) is 5.01 Å². The molecule has 104 valence electrons. The van der Waals surface area contributed by atoms with Crippen LogP contribution < -0.4 is 5.01 Å². The number of hydrogen-bond acceptors (Lipinski definition) is 6. The maximum Gasteiger partial charge on any atom is 0.324 e. The molecule has 0 aliphatic carbocycles. The summed E-state index contributed by atoms with van der Waals surface area (Å²) in [6, 6.07) is 0.280. The Morgan fingerprint density at radius 3 is 2.42 bits per heavy atom. The molecule has 0 unspecified atom stereocenters. The van der Waals surface area contributed by atoms with Crippen molar-refractivity contribution in [2.75, 3.05) is 31.3 Å². The van der Waals surface area contributed by atoms with E-state index in [1.54, 1.807) is 5.12 Å². The predicted molar refractivity (Wildman–Crippen MR) is 86.4 cm³/mol. The number of nitrogens with zero attached hydrogens (tertiary/aromatic N) is 4. The molecule has 1 saturated heterocycles. The molecule has 1 aliphatic rings. The van der Waals surface area contributed by atoms with E-state index in [-0.39, 0.29) is 10.3 Å². The summed E-state index contributed by atoms with van der Waals surface area (Å²) in [5.74, 6) is 0. The number of hydrogen-bond donors (Lipinski definition) is 2. The first-order valence-corrected chi connectivity index (χ1v) is 7.10. The average Bonchev–Trinajstić information content (AvgIpc) is 2.89. The lowest BCUT2D eigenvalue weighted by atomic mass is 10.5. The minimum absolute atomic E-state index is 0.255. The summed E-state index contributed by atoms with van der Waals surface area (Å²) in [5.41, 5.74) is 0. The minimum atomic E-state index is 0.255. The molecule has 10 heteroatoms. The Kier molecular flexibility index (Phi) is 5.42. The van der Waals surface area contributed by atoms with Gasteiger partial charge in [0.2, 0.25) is 0 Å². The van der Waals surface area contributed by atoms with Gasteiger partial charge in [0.05, 0.1) is 19.4 Å². The molecule has 0 atom stereocenters. The largest absolute Gasteiger partial charge is 0.431 e. The zero-order chi connectivity index (χ0) is 13.8. The molecule has 0 N–H and O–H groups in total. The summed E-state index contributed by atoms with van der Waals surface area (Å²) >= 11 is 18.7. The van der Waals surface area contributed by atoms with Gasteiger partial charge in [0.25, 0.3) is 0 Å². The molecule has 1 aromatic heterocycles. The summed E-state index contributed by atoms with van der Waals surface area (Å²) in [7, 11) is 0. The van der Waals surface area contributed by atoms with Crippen LogP contribution in [-0.4, -0.2) is 50.1 Å². The van der Waals surface area contributed by atoms with Crippen LogP contribution in [-0.2, 0) is 4.74 Å². The van der Waals surface area contributed by atoms with Crippen molar-refractivity contribution >= 4 is 64.3 Å². The smallest absolute Gasteiger partial charge is 0.324 e. The van der Waals surface area contributed by atoms with E-state index >= 15 is 0 Å². The Labute approximate surface area is 132 Å². The lowest BCUT2D eigenvalue weighted by Gasteiger charge is -2.41. The quantitative estimate of drug-likeness (QED) is 0.477. The molecular weight excluding hydrogens is 324 g/mol. The SMILES string of the molecule is S=C(S)N(c1ncco1)N(C(=S)S)N1CCOCC1. The third-order valence-electron chi connectivity index (χ3n) is 2.40. The summed E-state index contributed by atoms with van der Waals surface area (Å²) in [6.07, 6.45) is 2.97.